The van der Waals surface area contributed by atoms with Gasteiger partial charge >= 0.3 is 51.4 Å². The summed E-state index contributed by atoms with van der Waals surface area (Å²) in [4.78, 5) is 13.9. The zero-order chi connectivity index (χ0) is 27.2. The molecule has 1 atom stereocenters. The topological polar surface area (TPSA) is 43.4 Å². The molecule has 0 aromatic heterocycles. The van der Waals surface area contributed by atoms with E-state index in [1.165, 1.54) is 154 Å². The molecule has 0 spiro atoms. The van der Waals surface area contributed by atoms with Gasteiger partial charge < -0.3 is 9.90 Å². The van der Waals surface area contributed by atoms with Gasteiger partial charge in [0.2, 0.25) is 0 Å². The molecule has 0 aromatic carbocycles. The van der Waals surface area contributed by atoms with Crippen LogP contribution >= 0.6 is 0 Å². The molecular weight excluding hydrogens is 493 g/mol. The molecule has 0 aromatic rings. The van der Waals surface area contributed by atoms with Crippen LogP contribution in [0.15, 0.2) is 0 Å². The van der Waals surface area contributed by atoms with E-state index in [1.54, 1.807) is 0 Å². The number of unbranched alkanes of at least 4 members (excludes halogenated alkanes) is 24. The molecule has 0 aliphatic carbocycles. The number of rotatable bonds is 31. The number of carboxylic acid groups (broad SMARTS) is 1. The second-order valence-electron chi connectivity index (χ2n) is 11.8. The summed E-state index contributed by atoms with van der Waals surface area (Å²) in [6.45, 7) is 8.39. The first-order chi connectivity index (χ1) is 18.2. The van der Waals surface area contributed by atoms with Crippen molar-refractivity contribution in [1.82, 2.24) is 4.90 Å². The molecule has 0 aliphatic heterocycles. The SMILES string of the molecule is CCCCCCCCCCCCCCCN(CCCCCCCCCCCCCCC)C(CC)C(=O)[O-].[K+]. The Bertz CT molecular complexity index is 430. The summed E-state index contributed by atoms with van der Waals surface area (Å²) in [7, 11) is 0. The van der Waals surface area contributed by atoms with Crippen LogP contribution < -0.4 is 56.5 Å². The van der Waals surface area contributed by atoms with Gasteiger partial charge in [0.1, 0.15) is 0 Å². The van der Waals surface area contributed by atoms with Crippen molar-refractivity contribution in [2.75, 3.05) is 13.1 Å². The molecule has 4 heteroatoms. The number of hydrogen-bond donors (Lipinski definition) is 0. The van der Waals surface area contributed by atoms with Crippen LogP contribution in [-0.2, 0) is 4.79 Å². The summed E-state index contributed by atoms with van der Waals surface area (Å²) >= 11 is 0. The van der Waals surface area contributed by atoms with Crippen molar-refractivity contribution in [3.8, 4) is 0 Å². The minimum absolute atomic E-state index is 0. The zero-order valence-electron chi connectivity index (χ0n) is 26.8. The number of nitrogens with zero attached hydrogens (tertiary/aromatic N) is 1. The molecule has 0 fully saturated rings. The molecule has 222 valence electrons. The normalized spacial score (nSPS) is 12.1. The first kappa shape index (κ1) is 41.2. The van der Waals surface area contributed by atoms with Crippen molar-refractivity contribution >= 4 is 5.97 Å². The van der Waals surface area contributed by atoms with Crippen molar-refractivity contribution in [2.24, 2.45) is 0 Å². The second-order valence-corrected chi connectivity index (χ2v) is 11.8. The van der Waals surface area contributed by atoms with E-state index in [9.17, 15) is 9.90 Å². The Morgan fingerprint density at radius 2 is 0.711 bits per heavy atom. The Morgan fingerprint density at radius 1 is 0.474 bits per heavy atom. The van der Waals surface area contributed by atoms with Gasteiger partial charge in [0, 0.05) is 6.04 Å². The fourth-order valence-electron chi connectivity index (χ4n) is 5.66. The molecule has 0 saturated heterocycles. The first-order valence-corrected chi connectivity index (χ1v) is 17.1. The third kappa shape index (κ3) is 28.6. The van der Waals surface area contributed by atoms with Gasteiger partial charge in [-0.1, -0.05) is 175 Å². The number of carbonyl (C=O) groups is 1. The van der Waals surface area contributed by atoms with Crippen LogP contribution in [0.25, 0.3) is 0 Å². The van der Waals surface area contributed by atoms with E-state index in [2.05, 4.69) is 18.7 Å². The maximum Gasteiger partial charge on any atom is 1.00 e. The van der Waals surface area contributed by atoms with Crippen LogP contribution in [0.1, 0.15) is 194 Å². The maximum atomic E-state index is 11.7. The van der Waals surface area contributed by atoms with Crippen LogP contribution in [-0.4, -0.2) is 30.0 Å². The van der Waals surface area contributed by atoms with Crippen LogP contribution in [0.4, 0.5) is 0 Å². The van der Waals surface area contributed by atoms with Crippen LogP contribution in [0.5, 0.6) is 0 Å². The van der Waals surface area contributed by atoms with E-state index in [0.717, 1.165) is 25.9 Å². The zero-order valence-corrected chi connectivity index (χ0v) is 30.0. The number of carbonyl (C=O) groups excluding carboxylic acids is 1. The van der Waals surface area contributed by atoms with Gasteiger partial charge in [-0.2, -0.15) is 0 Å². The molecular formula is C34H68KNO2. The molecule has 0 radical (unpaired) electrons. The van der Waals surface area contributed by atoms with Crippen molar-refractivity contribution in [3.05, 3.63) is 0 Å². The molecule has 0 N–H and O–H groups in total. The van der Waals surface area contributed by atoms with E-state index < -0.39 is 12.0 Å². The Kier molecular flexibility index (Phi) is 37.2. The fraction of sp³-hybridized carbons (Fsp3) is 0.971. The van der Waals surface area contributed by atoms with Gasteiger partial charge in [0.15, 0.2) is 0 Å². The minimum atomic E-state index is -0.883. The fourth-order valence-corrected chi connectivity index (χ4v) is 5.66. The van der Waals surface area contributed by atoms with E-state index in [1.807, 2.05) is 6.92 Å². The summed E-state index contributed by atoms with van der Waals surface area (Å²) in [6, 6.07) is -0.408. The van der Waals surface area contributed by atoms with Crippen LogP contribution in [0, 0.1) is 0 Å². The standard InChI is InChI=1S/C34H69NO2.K/c1-4-7-9-11-13-15-17-19-21-23-25-27-29-31-35(33(6-3)34(36)37)32-30-28-26-24-22-20-18-16-14-12-10-8-5-2;/h33H,4-32H2,1-3H3,(H,36,37);/q;+1/p-1. The van der Waals surface area contributed by atoms with E-state index in [0.29, 0.717) is 6.42 Å². The van der Waals surface area contributed by atoms with Crippen molar-refractivity contribution in [3.63, 3.8) is 0 Å². The largest absolute Gasteiger partial charge is 1.00 e. The van der Waals surface area contributed by atoms with Crippen molar-refractivity contribution in [2.45, 2.75) is 200 Å². The van der Waals surface area contributed by atoms with Gasteiger partial charge in [-0.05, 0) is 32.4 Å². The Labute approximate surface area is 282 Å². The molecule has 1 unspecified atom stereocenters. The van der Waals surface area contributed by atoms with Crippen LogP contribution in [0.2, 0.25) is 0 Å². The summed E-state index contributed by atoms with van der Waals surface area (Å²) in [5.74, 6) is -0.883. The molecule has 0 rings (SSSR count). The third-order valence-corrected chi connectivity index (χ3v) is 8.20. The third-order valence-electron chi connectivity index (χ3n) is 8.20. The number of aliphatic carboxylic acids is 1. The molecule has 3 nitrogen and oxygen atoms in total. The molecule has 0 aliphatic rings. The maximum absolute atomic E-state index is 11.7. The summed E-state index contributed by atoms with van der Waals surface area (Å²) < 4.78 is 0. The van der Waals surface area contributed by atoms with Gasteiger partial charge in [0.05, 0.1) is 5.97 Å². The number of hydrogen-bond acceptors (Lipinski definition) is 3. The molecule has 0 saturated carbocycles. The Hall–Kier alpha value is 1.07. The van der Waals surface area contributed by atoms with Gasteiger partial charge in [-0.3, -0.25) is 4.90 Å². The monoisotopic (exact) mass is 561 g/mol. The van der Waals surface area contributed by atoms with E-state index in [4.69, 9.17) is 0 Å². The van der Waals surface area contributed by atoms with E-state index in [-0.39, 0.29) is 51.4 Å². The molecule has 38 heavy (non-hydrogen) atoms. The molecule has 0 heterocycles. The number of carboxylic acids is 1. The predicted octanol–water partition coefficient (Wildman–Crippen LogP) is 7.00. The average molecular weight is 562 g/mol. The molecule has 0 bridgehead atoms. The van der Waals surface area contributed by atoms with Gasteiger partial charge in [0.25, 0.3) is 0 Å². The minimum Gasteiger partial charge on any atom is -0.548 e. The summed E-state index contributed by atoms with van der Waals surface area (Å²) in [5.41, 5.74) is 0. The predicted molar refractivity (Wildman–Crippen MR) is 162 cm³/mol. The Balaban J connectivity index is 0. The Morgan fingerprint density at radius 3 is 0.921 bits per heavy atom. The first-order valence-electron chi connectivity index (χ1n) is 17.1. The van der Waals surface area contributed by atoms with Gasteiger partial charge in [-0.15, -0.1) is 0 Å². The average Bonchev–Trinajstić information content (AvgIpc) is 2.89. The summed E-state index contributed by atoms with van der Waals surface area (Å²) in [6.07, 6.45) is 35.8. The summed E-state index contributed by atoms with van der Waals surface area (Å²) in [5, 5.41) is 11.7. The van der Waals surface area contributed by atoms with E-state index >= 15 is 0 Å². The second kappa shape index (κ2) is 34.3. The smallest absolute Gasteiger partial charge is 0.548 e. The van der Waals surface area contributed by atoms with Crippen molar-refractivity contribution in [1.29, 1.82) is 0 Å². The molecule has 0 amide bonds. The van der Waals surface area contributed by atoms with Crippen LogP contribution in [0.3, 0.4) is 0 Å². The van der Waals surface area contributed by atoms with Gasteiger partial charge in [-0.25, -0.2) is 0 Å². The quantitative estimate of drug-likeness (QED) is 0.0676. The van der Waals surface area contributed by atoms with Crippen molar-refractivity contribution < 1.29 is 61.3 Å².